The van der Waals surface area contributed by atoms with E-state index in [1.165, 1.54) is 27.8 Å². The number of hydrogen-bond acceptors (Lipinski definition) is 0. The SMILES string of the molecule is C[N+](C)(C)CCC=C1c2ccccc2CCc2ccccc21.[I-]. The normalized spacial score (nSPS) is 13.4. The van der Waals surface area contributed by atoms with Gasteiger partial charge in [-0.15, -0.1) is 0 Å². The summed E-state index contributed by atoms with van der Waals surface area (Å²) in [5.74, 6) is 0. The molecule has 0 N–H and O–H groups in total. The lowest BCUT2D eigenvalue weighted by molar-refractivity contribution is -0.869. The Morgan fingerprint density at radius 3 is 1.78 bits per heavy atom. The van der Waals surface area contributed by atoms with Gasteiger partial charge in [0.15, 0.2) is 0 Å². The van der Waals surface area contributed by atoms with Gasteiger partial charge in [0.1, 0.15) is 0 Å². The summed E-state index contributed by atoms with van der Waals surface area (Å²) in [6, 6.07) is 17.8. The lowest BCUT2D eigenvalue weighted by atomic mass is 9.93. The number of benzene rings is 2. The highest BCUT2D eigenvalue weighted by atomic mass is 127. The molecular weight excluding hydrogens is 393 g/mol. The molecule has 1 aliphatic carbocycles. The Balaban J connectivity index is 0.00000192. The number of rotatable bonds is 3. The first kappa shape index (κ1) is 18.2. The van der Waals surface area contributed by atoms with Gasteiger partial charge in [-0.2, -0.15) is 0 Å². The summed E-state index contributed by atoms with van der Waals surface area (Å²) < 4.78 is 1.01. The highest BCUT2D eigenvalue weighted by Crippen LogP contribution is 2.33. The molecule has 0 fully saturated rings. The second-order valence-corrected chi connectivity index (χ2v) is 7.23. The fourth-order valence-corrected chi connectivity index (χ4v) is 3.23. The minimum atomic E-state index is 0. The molecule has 1 nitrogen and oxygen atoms in total. The van der Waals surface area contributed by atoms with Crippen molar-refractivity contribution in [3.63, 3.8) is 0 Å². The van der Waals surface area contributed by atoms with Crippen LogP contribution in [0.4, 0.5) is 0 Å². The van der Waals surface area contributed by atoms with Crippen LogP contribution in [0.2, 0.25) is 0 Å². The van der Waals surface area contributed by atoms with Crippen molar-refractivity contribution in [3.05, 3.63) is 76.9 Å². The van der Waals surface area contributed by atoms with Crippen LogP contribution in [0.1, 0.15) is 28.7 Å². The topological polar surface area (TPSA) is 0 Å². The van der Waals surface area contributed by atoms with Crippen molar-refractivity contribution < 1.29 is 28.5 Å². The van der Waals surface area contributed by atoms with E-state index in [0.29, 0.717) is 0 Å². The lowest BCUT2D eigenvalue weighted by Gasteiger charge is -2.23. The Hall–Kier alpha value is -1.13. The summed E-state index contributed by atoms with van der Waals surface area (Å²) in [5, 5.41) is 0. The van der Waals surface area contributed by atoms with E-state index in [9.17, 15) is 0 Å². The maximum Gasteiger partial charge on any atom is 0.0815 e. The van der Waals surface area contributed by atoms with Gasteiger partial charge in [0.25, 0.3) is 0 Å². The van der Waals surface area contributed by atoms with Gasteiger partial charge >= 0.3 is 0 Å². The molecule has 0 heterocycles. The number of quaternary nitrogens is 1. The van der Waals surface area contributed by atoms with Gasteiger partial charge in [0.05, 0.1) is 27.7 Å². The number of halogens is 1. The van der Waals surface area contributed by atoms with E-state index in [0.717, 1.165) is 30.3 Å². The molecule has 122 valence electrons. The van der Waals surface area contributed by atoms with E-state index in [4.69, 9.17) is 0 Å². The van der Waals surface area contributed by atoms with Crippen molar-refractivity contribution in [2.75, 3.05) is 27.7 Å². The van der Waals surface area contributed by atoms with E-state index < -0.39 is 0 Å². The van der Waals surface area contributed by atoms with E-state index >= 15 is 0 Å². The van der Waals surface area contributed by atoms with Crippen LogP contribution in [0, 0.1) is 0 Å². The predicted octanol–water partition coefficient (Wildman–Crippen LogP) is 1.32. The average molecular weight is 419 g/mol. The van der Waals surface area contributed by atoms with Crippen LogP contribution in [0.15, 0.2) is 54.6 Å². The first-order valence-electron chi connectivity index (χ1n) is 8.22. The van der Waals surface area contributed by atoms with Gasteiger partial charge in [-0.05, 0) is 40.7 Å². The van der Waals surface area contributed by atoms with Gasteiger partial charge in [0.2, 0.25) is 0 Å². The standard InChI is InChI=1S/C21H26N.HI/c1-22(2,3)16-8-13-21-19-11-6-4-9-17(19)14-15-18-10-5-7-12-20(18)21;/h4-7,9-13H,8,14-16H2,1-3H3;1H/q+1;/p-1. The third-order valence-corrected chi connectivity index (χ3v) is 4.43. The molecule has 1 aliphatic rings. The van der Waals surface area contributed by atoms with Crippen molar-refractivity contribution in [2.45, 2.75) is 19.3 Å². The molecule has 0 unspecified atom stereocenters. The second-order valence-electron chi connectivity index (χ2n) is 7.23. The largest absolute Gasteiger partial charge is 1.00 e. The third kappa shape index (κ3) is 4.45. The Labute approximate surface area is 157 Å². The van der Waals surface area contributed by atoms with Crippen molar-refractivity contribution in [1.29, 1.82) is 0 Å². The molecular formula is C21H26IN. The monoisotopic (exact) mass is 419 g/mol. The predicted molar refractivity (Wildman–Crippen MR) is 94.9 cm³/mol. The van der Waals surface area contributed by atoms with Crippen molar-refractivity contribution in [3.8, 4) is 0 Å². The van der Waals surface area contributed by atoms with Gasteiger partial charge in [-0.1, -0.05) is 54.6 Å². The van der Waals surface area contributed by atoms with E-state index in [1.54, 1.807) is 0 Å². The van der Waals surface area contributed by atoms with E-state index in [-0.39, 0.29) is 24.0 Å². The van der Waals surface area contributed by atoms with Crippen molar-refractivity contribution in [2.24, 2.45) is 0 Å². The minimum absolute atomic E-state index is 0. The number of hydrogen-bond donors (Lipinski definition) is 0. The Kier molecular flexibility index (Phi) is 6.04. The third-order valence-electron chi connectivity index (χ3n) is 4.43. The van der Waals surface area contributed by atoms with Gasteiger partial charge in [-0.3, -0.25) is 0 Å². The first-order chi connectivity index (χ1) is 10.5. The number of nitrogens with zero attached hydrogens (tertiary/aromatic N) is 1. The number of fused-ring (bicyclic) bond motifs is 2. The minimum Gasteiger partial charge on any atom is -1.00 e. The van der Waals surface area contributed by atoms with Crippen LogP contribution >= 0.6 is 0 Å². The molecule has 0 bridgehead atoms. The maximum atomic E-state index is 2.45. The Bertz CT molecular complexity index is 645. The Morgan fingerprint density at radius 2 is 1.30 bits per heavy atom. The summed E-state index contributed by atoms with van der Waals surface area (Å²) in [5.41, 5.74) is 7.24. The molecule has 23 heavy (non-hydrogen) atoms. The molecule has 0 amide bonds. The highest BCUT2D eigenvalue weighted by Gasteiger charge is 2.17. The molecule has 3 rings (SSSR count). The summed E-state index contributed by atoms with van der Waals surface area (Å²) in [7, 11) is 6.77. The fourth-order valence-electron chi connectivity index (χ4n) is 3.23. The zero-order chi connectivity index (χ0) is 15.6. The van der Waals surface area contributed by atoms with Gasteiger partial charge in [0, 0.05) is 6.42 Å². The molecule has 2 aromatic rings. The molecule has 0 radical (unpaired) electrons. The zero-order valence-electron chi connectivity index (χ0n) is 14.3. The zero-order valence-corrected chi connectivity index (χ0v) is 16.5. The van der Waals surface area contributed by atoms with Crippen LogP contribution in [-0.2, 0) is 12.8 Å². The molecule has 0 saturated carbocycles. The van der Waals surface area contributed by atoms with Crippen LogP contribution < -0.4 is 24.0 Å². The van der Waals surface area contributed by atoms with Gasteiger partial charge < -0.3 is 28.5 Å². The lowest BCUT2D eigenvalue weighted by Crippen LogP contribution is -3.00. The summed E-state index contributed by atoms with van der Waals surface area (Å²) in [6.45, 7) is 1.16. The molecule has 0 atom stereocenters. The van der Waals surface area contributed by atoms with Crippen molar-refractivity contribution >= 4 is 5.57 Å². The smallest absolute Gasteiger partial charge is 0.0815 e. The van der Waals surface area contributed by atoms with Crippen LogP contribution in [0.5, 0.6) is 0 Å². The molecule has 0 spiro atoms. The molecule has 0 saturated heterocycles. The molecule has 2 heteroatoms. The maximum absolute atomic E-state index is 2.45. The summed E-state index contributed by atoms with van der Waals surface area (Å²) in [6.07, 6.45) is 5.84. The molecule has 0 aromatic heterocycles. The van der Waals surface area contributed by atoms with Crippen LogP contribution in [0.25, 0.3) is 5.57 Å². The summed E-state index contributed by atoms with van der Waals surface area (Å²) >= 11 is 0. The van der Waals surface area contributed by atoms with E-state index in [1.807, 2.05) is 0 Å². The average Bonchev–Trinajstić information content (AvgIpc) is 2.64. The fraction of sp³-hybridized carbons (Fsp3) is 0.333. The van der Waals surface area contributed by atoms with E-state index in [2.05, 4.69) is 75.7 Å². The van der Waals surface area contributed by atoms with Crippen LogP contribution in [-0.4, -0.2) is 32.2 Å². The Morgan fingerprint density at radius 1 is 0.826 bits per heavy atom. The van der Waals surface area contributed by atoms with Gasteiger partial charge in [-0.25, -0.2) is 0 Å². The second kappa shape index (κ2) is 7.63. The molecule has 0 aliphatic heterocycles. The van der Waals surface area contributed by atoms with Crippen LogP contribution in [0.3, 0.4) is 0 Å². The van der Waals surface area contributed by atoms with Crippen molar-refractivity contribution in [1.82, 2.24) is 0 Å². The quantitative estimate of drug-likeness (QED) is 0.520. The highest BCUT2D eigenvalue weighted by molar-refractivity contribution is 5.83. The first-order valence-corrected chi connectivity index (χ1v) is 8.22. The molecule has 2 aromatic carbocycles. The summed E-state index contributed by atoms with van der Waals surface area (Å²) in [4.78, 5) is 0. The number of aryl methyl sites for hydroxylation is 2.